The maximum atomic E-state index is 11.8. The monoisotopic (exact) mass is 248 g/mol. The largest absolute Gasteiger partial charge is 0.484 e. The zero-order valence-corrected chi connectivity index (χ0v) is 10.6. The molecule has 1 aliphatic heterocycles. The molecule has 1 fully saturated rings. The van der Waals surface area contributed by atoms with Crippen molar-refractivity contribution >= 4 is 5.91 Å². The summed E-state index contributed by atoms with van der Waals surface area (Å²) in [6.07, 6.45) is 3.05. The van der Waals surface area contributed by atoms with Crippen LogP contribution in [-0.4, -0.2) is 37.0 Å². The second kappa shape index (κ2) is 6.40. The van der Waals surface area contributed by atoms with Crippen molar-refractivity contribution < 1.29 is 9.53 Å². The summed E-state index contributed by atoms with van der Waals surface area (Å²) in [5.41, 5.74) is 6.66. The van der Waals surface area contributed by atoms with Crippen LogP contribution >= 0.6 is 0 Å². The molecular weight excluding hydrogens is 228 g/mol. The maximum absolute atomic E-state index is 11.8. The number of likely N-dealkylation sites (tertiary alicyclic amines) is 1. The highest BCUT2D eigenvalue weighted by atomic mass is 16.5. The number of rotatable bonds is 5. The number of hydrogen-bond donors (Lipinski definition) is 1. The van der Waals surface area contributed by atoms with E-state index >= 15 is 0 Å². The van der Waals surface area contributed by atoms with Crippen LogP contribution in [0.1, 0.15) is 18.4 Å². The fraction of sp³-hybridized carbons (Fsp3) is 0.500. The molecule has 0 atom stereocenters. The quantitative estimate of drug-likeness (QED) is 0.851. The Labute approximate surface area is 108 Å². The maximum Gasteiger partial charge on any atom is 0.260 e. The molecule has 0 unspecified atom stereocenters. The van der Waals surface area contributed by atoms with Crippen molar-refractivity contribution in [3.63, 3.8) is 0 Å². The second-order valence-corrected chi connectivity index (χ2v) is 4.56. The Kier molecular flexibility index (Phi) is 4.59. The molecule has 1 aromatic rings. The summed E-state index contributed by atoms with van der Waals surface area (Å²) in [4.78, 5) is 13.7. The number of amides is 1. The molecule has 98 valence electrons. The number of carbonyl (C=O) groups excluding carboxylic acids is 1. The van der Waals surface area contributed by atoms with Gasteiger partial charge < -0.3 is 15.4 Å². The van der Waals surface area contributed by atoms with Crippen LogP contribution in [0, 0.1) is 0 Å². The lowest BCUT2D eigenvalue weighted by Gasteiger charge is -2.15. The van der Waals surface area contributed by atoms with Gasteiger partial charge in [-0.25, -0.2) is 0 Å². The summed E-state index contributed by atoms with van der Waals surface area (Å²) in [7, 11) is 0. The number of carbonyl (C=O) groups is 1. The van der Waals surface area contributed by atoms with Crippen molar-refractivity contribution in [1.82, 2.24) is 4.90 Å². The molecule has 1 heterocycles. The molecule has 0 radical (unpaired) electrons. The molecule has 0 saturated carbocycles. The minimum absolute atomic E-state index is 0.0803. The average molecular weight is 248 g/mol. The Hall–Kier alpha value is -1.55. The van der Waals surface area contributed by atoms with Crippen LogP contribution in [-0.2, 0) is 11.2 Å². The van der Waals surface area contributed by atoms with Gasteiger partial charge in [0.1, 0.15) is 5.75 Å². The average Bonchev–Trinajstić information content (AvgIpc) is 2.91. The standard InChI is InChI=1S/C14H20N2O2/c15-7-6-12-4-3-5-13(10-12)18-11-14(17)16-8-1-2-9-16/h3-5,10H,1-2,6-9,11,15H2. The van der Waals surface area contributed by atoms with Gasteiger partial charge in [0, 0.05) is 13.1 Å². The minimum Gasteiger partial charge on any atom is -0.484 e. The van der Waals surface area contributed by atoms with Gasteiger partial charge in [0.25, 0.3) is 5.91 Å². The lowest BCUT2D eigenvalue weighted by atomic mass is 10.1. The molecule has 1 amide bonds. The molecule has 0 aliphatic carbocycles. The van der Waals surface area contributed by atoms with E-state index in [0.29, 0.717) is 6.54 Å². The van der Waals surface area contributed by atoms with Crippen LogP contribution in [0.25, 0.3) is 0 Å². The van der Waals surface area contributed by atoms with Crippen LogP contribution in [0.15, 0.2) is 24.3 Å². The van der Waals surface area contributed by atoms with E-state index in [-0.39, 0.29) is 12.5 Å². The summed E-state index contributed by atoms with van der Waals surface area (Å²) < 4.78 is 5.54. The van der Waals surface area contributed by atoms with Gasteiger partial charge in [0.2, 0.25) is 0 Å². The molecule has 1 saturated heterocycles. The third-order valence-electron chi connectivity index (χ3n) is 3.15. The second-order valence-electron chi connectivity index (χ2n) is 4.56. The summed E-state index contributed by atoms with van der Waals surface area (Å²) in [5.74, 6) is 0.824. The Morgan fingerprint density at radius 2 is 2.11 bits per heavy atom. The summed E-state index contributed by atoms with van der Waals surface area (Å²) in [6, 6.07) is 7.77. The van der Waals surface area contributed by atoms with E-state index in [4.69, 9.17) is 10.5 Å². The topological polar surface area (TPSA) is 55.6 Å². The fourth-order valence-electron chi connectivity index (χ4n) is 2.16. The number of nitrogens with two attached hydrogens (primary N) is 1. The van der Waals surface area contributed by atoms with Crippen LogP contribution in [0.5, 0.6) is 5.75 Å². The number of benzene rings is 1. The van der Waals surface area contributed by atoms with E-state index in [1.54, 1.807) is 0 Å². The highest BCUT2D eigenvalue weighted by Gasteiger charge is 2.17. The normalized spacial score (nSPS) is 14.8. The summed E-state index contributed by atoms with van der Waals surface area (Å²) in [6.45, 7) is 2.49. The van der Waals surface area contributed by atoms with Crippen molar-refractivity contribution in [3.05, 3.63) is 29.8 Å². The zero-order valence-electron chi connectivity index (χ0n) is 10.6. The highest BCUT2D eigenvalue weighted by molar-refractivity contribution is 5.78. The summed E-state index contributed by atoms with van der Waals surface area (Å²) in [5, 5.41) is 0. The van der Waals surface area contributed by atoms with Gasteiger partial charge in [-0.1, -0.05) is 12.1 Å². The number of nitrogens with zero attached hydrogens (tertiary/aromatic N) is 1. The molecule has 0 bridgehead atoms. The molecular formula is C14H20N2O2. The lowest BCUT2D eigenvalue weighted by Crippen LogP contribution is -2.32. The van der Waals surface area contributed by atoms with Gasteiger partial charge >= 0.3 is 0 Å². The van der Waals surface area contributed by atoms with Crippen LogP contribution in [0.4, 0.5) is 0 Å². The third kappa shape index (κ3) is 3.47. The molecule has 4 nitrogen and oxygen atoms in total. The SMILES string of the molecule is NCCc1cccc(OCC(=O)N2CCCC2)c1. The van der Waals surface area contributed by atoms with Crippen molar-refractivity contribution in [1.29, 1.82) is 0 Å². The van der Waals surface area contributed by atoms with E-state index in [2.05, 4.69) is 0 Å². The van der Waals surface area contributed by atoms with Gasteiger partial charge in [-0.3, -0.25) is 4.79 Å². The Bertz CT molecular complexity index is 401. The van der Waals surface area contributed by atoms with Gasteiger partial charge in [0.15, 0.2) is 6.61 Å². The predicted octanol–water partition coefficient (Wildman–Crippen LogP) is 1.19. The first-order chi connectivity index (χ1) is 8.79. The fourth-order valence-corrected chi connectivity index (χ4v) is 2.16. The van der Waals surface area contributed by atoms with Crippen LogP contribution in [0.2, 0.25) is 0 Å². The van der Waals surface area contributed by atoms with Gasteiger partial charge in [-0.15, -0.1) is 0 Å². The van der Waals surface area contributed by atoms with E-state index < -0.39 is 0 Å². The van der Waals surface area contributed by atoms with E-state index in [9.17, 15) is 4.79 Å². The number of ether oxygens (including phenoxy) is 1. The van der Waals surface area contributed by atoms with Gasteiger partial charge in [-0.2, -0.15) is 0 Å². The van der Waals surface area contributed by atoms with Gasteiger partial charge in [0.05, 0.1) is 0 Å². The first-order valence-corrected chi connectivity index (χ1v) is 6.49. The van der Waals surface area contributed by atoms with Gasteiger partial charge in [-0.05, 0) is 43.5 Å². The van der Waals surface area contributed by atoms with Crippen molar-refractivity contribution in [2.45, 2.75) is 19.3 Å². The molecule has 2 rings (SSSR count). The first kappa shape index (κ1) is 12.9. The Morgan fingerprint density at radius 3 is 2.83 bits per heavy atom. The van der Waals surface area contributed by atoms with Crippen molar-refractivity contribution in [2.24, 2.45) is 5.73 Å². The lowest BCUT2D eigenvalue weighted by molar-refractivity contribution is -0.132. The molecule has 0 spiro atoms. The molecule has 2 N–H and O–H groups in total. The molecule has 1 aliphatic rings. The van der Waals surface area contributed by atoms with Crippen LogP contribution in [0.3, 0.4) is 0 Å². The number of hydrogen-bond acceptors (Lipinski definition) is 3. The molecule has 18 heavy (non-hydrogen) atoms. The zero-order chi connectivity index (χ0) is 12.8. The Balaban J connectivity index is 1.85. The van der Waals surface area contributed by atoms with E-state index in [1.165, 1.54) is 0 Å². The first-order valence-electron chi connectivity index (χ1n) is 6.49. The highest BCUT2D eigenvalue weighted by Crippen LogP contribution is 2.14. The van der Waals surface area contributed by atoms with Crippen LogP contribution < -0.4 is 10.5 Å². The minimum atomic E-state index is 0.0803. The van der Waals surface area contributed by atoms with E-state index in [0.717, 1.165) is 43.7 Å². The molecule has 4 heteroatoms. The smallest absolute Gasteiger partial charge is 0.260 e. The predicted molar refractivity (Wildman–Crippen MR) is 70.5 cm³/mol. The van der Waals surface area contributed by atoms with Crippen molar-refractivity contribution in [2.75, 3.05) is 26.2 Å². The third-order valence-corrected chi connectivity index (χ3v) is 3.15. The molecule has 1 aromatic carbocycles. The molecule has 0 aromatic heterocycles. The summed E-state index contributed by atoms with van der Waals surface area (Å²) >= 11 is 0. The van der Waals surface area contributed by atoms with Crippen molar-refractivity contribution in [3.8, 4) is 5.75 Å². The van der Waals surface area contributed by atoms with E-state index in [1.807, 2.05) is 29.2 Å². The Morgan fingerprint density at radius 1 is 1.33 bits per heavy atom.